The van der Waals surface area contributed by atoms with Crippen LogP contribution in [0.5, 0.6) is 5.88 Å². The Kier molecular flexibility index (Phi) is 5.14. The van der Waals surface area contributed by atoms with Crippen LogP contribution in [0.3, 0.4) is 0 Å². The molecule has 0 saturated carbocycles. The molecular formula is C24H23F3N4O2. The number of fused-ring (bicyclic) bond motifs is 4. The van der Waals surface area contributed by atoms with E-state index in [1.807, 2.05) is 11.8 Å². The Morgan fingerprint density at radius 2 is 1.88 bits per heavy atom. The Morgan fingerprint density at radius 1 is 1.15 bits per heavy atom. The van der Waals surface area contributed by atoms with Crippen LogP contribution < -0.4 is 4.74 Å². The minimum absolute atomic E-state index is 0.0794. The van der Waals surface area contributed by atoms with Gasteiger partial charge in [-0.05, 0) is 50.8 Å². The third-order valence-electron chi connectivity index (χ3n) is 6.64. The molecule has 0 radical (unpaired) electrons. The van der Waals surface area contributed by atoms with Gasteiger partial charge in [-0.1, -0.05) is 0 Å². The lowest BCUT2D eigenvalue weighted by atomic mass is 9.81. The summed E-state index contributed by atoms with van der Waals surface area (Å²) in [5.74, 6) is -3.63. The van der Waals surface area contributed by atoms with Crippen LogP contribution in [0.2, 0.25) is 0 Å². The van der Waals surface area contributed by atoms with Gasteiger partial charge < -0.3 is 9.64 Å². The van der Waals surface area contributed by atoms with E-state index in [0.717, 1.165) is 48.2 Å². The molecule has 2 aliphatic rings. The summed E-state index contributed by atoms with van der Waals surface area (Å²) >= 11 is 0. The molecule has 1 amide bonds. The van der Waals surface area contributed by atoms with Gasteiger partial charge in [-0.15, -0.1) is 0 Å². The van der Waals surface area contributed by atoms with Crippen LogP contribution in [0.1, 0.15) is 52.5 Å². The van der Waals surface area contributed by atoms with E-state index in [4.69, 9.17) is 4.74 Å². The number of hydrogen-bond donors (Lipinski definition) is 0. The fourth-order valence-electron chi connectivity index (χ4n) is 5.24. The molecular weight excluding hydrogens is 433 g/mol. The number of amides is 1. The lowest BCUT2D eigenvalue weighted by molar-refractivity contribution is 0.0391. The van der Waals surface area contributed by atoms with Crippen molar-refractivity contribution in [2.45, 2.75) is 44.7 Å². The van der Waals surface area contributed by atoms with E-state index < -0.39 is 17.5 Å². The highest BCUT2D eigenvalue weighted by Crippen LogP contribution is 2.45. The summed E-state index contributed by atoms with van der Waals surface area (Å²) in [4.78, 5) is 19.6. The molecule has 6 nitrogen and oxygen atoms in total. The van der Waals surface area contributed by atoms with Gasteiger partial charge in [-0.25, -0.2) is 18.2 Å². The van der Waals surface area contributed by atoms with E-state index in [1.165, 1.54) is 13.3 Å². The van der Waals surface area contributed by atoms with Crippen LogP contribution in [0, 0.1) is 24.4 Å². The van der Waals surface area contributed by atoms with Gasteiger partial charge >= 0.3 is 0 Å². The maximum absolute atomic E-state index is 14.0. The Labute approximate surface area is 189 Å². The van der Waals surface area contributed by atoms with Crippen LogP contribution in [0.25, 0.3) is 11.3 Å². The van der Waals surface area contributed by atoms with E-state index in [1.54, 1.807) is 17.8 Å². The number of rotatable bonds is 3. The highest BCUT2D eigenvalue weighted by Gasteiger charge is 2.43. The van der Waals surface area contributed by atoms with E-state index in [9.17, 15) is 18.0 Å². The first kappa shape index (κ1) is 21.5. The number of pyridine rings is 1. The first-order valence-corrected chi connectivity index (χ1v) is 10.8. The zero-order valence-corrected chi connectivity index (χ0v) is 18.5. The van der Waals surface area contributed by atoms with Crippen molar-refractivity contribution in [2.24, 2.45) is 7.05 Å². The first-order chi connectivity index (χ1) is 15.8. The van der Waals surface area contributed by atoms with Crippen molar-refractivity contribution in [2.75, 3.05) is 7.11 Å². The van der Waals surface area contributed by atoms with Crippen LogP contribution in [0.4, 0.5) is 13.2 Å². The topological polar surface area (TPSA) is 60.2 Å². The molecule has 0 spiro atoms. The van der Waals surface area contributed by atoms with Gasteiger partial charge in [-0.2, -0.15) is 5.10 Å². The van der Waals surface area contributed by atoms with Crippen molar-refractivity contribution in [3.8, 4) is 17.1 Å². The predicted octanol–water partition coefficient (Wildman–Crippen LogP) is 4.51. The van der Waals surface area contributed by atoms with Gasteiger partial charge in [0.15, 0.2) is 17.5 Å². The fraction of sp³-hybridized carbons (Fsp3) is 0.375. The fourth-order valence-corrected chi connectivity index (χ4v) is 5.24. The van der Waals surface area contributed by atoms with Crippen LogP contribution in [0.15, 0.2) is 24.4 Å². The highest BCUT2D eigenvalue weighted by molar-refractivity contribution is 5.95. The number of carbonyl (C=O) groups excluding carboxylic acids is 1. The maximum atomic E-state index is 14.0. The Bertz CT molecular complexity index is 1250. The molecule has 2 aromatic heterocycles. The van der Waals surface area contributed by atoms with Gasteiger partial charge in [0.1, 0.15) is 0 Å². The Morgan fingerprint density at radius 3 is 2.55 bits per heavy atom. The molecule has 0 aliphatic carbocycles. The quantitative estimate of drug-likeness (QED) is 0.545. The largest absolute Gasteiger partial charge is 0.481 e. The average Bonchev–Trinajstić information content (AvgIpc) is 3.11. The molecule has 2 atom stereocenters. The number of aryl methyl sites for hydroxylation is 2. The monoisotopic (exact) mass is 456 g/mol. The SMILES string of the molecule is COc1ncc(C(=O)N2C3CCCC2c2nn(C)c(-c4cc(F)c(F)c(F)c4)c2C3)cc1C. The number of piperidine rings is 1. The van der Waals surface area contributed by atoms with Gasteiger partial charge in [0.25, 0.3) is 5.91 Å². The summed E-state index contributed by atoms with van der Waals surface area (Å²) in [6, 6.07) is 3.43. The van der Waals surface area contributed by atoms with E-state index in [2.05, 4.69) is 10.1 Å². The number of aromatic nitrogens is 3. The summed E-state index contributed by atoms with van der Waals surface area (Å²) in [6.07, 6.45) is 4.52. The number of methoxy groups -OCH3 is 1. The molecule has 9 heteroatoms. The van der Waals surface area contributed by atoms with Gasteiger partial charge in [0.05, 0.1) is 30.1 Å². The van der Waals surface area contributed by atoms with Crippen LogP contribution in [-0.4, -0.2) is 38.7 Å². The van der Waals surface area contributed by atoms with Crippen molar-refractivity contribution in [3.05, 3.63) is 64.2 Å². The summed E-state index contributed by atoms with van der Waals surface area (Å²) in [5, 5.41) is 4.65. The zero-order valence-electron chi connectivity index (χ0n) is 18.5. The maximum Gasteiger partial charge on any atom is 0.256 e. The Balaban J connectivity index is 1.57. The molecule has 2 aliphatic heterocycles. The van der Waals surface area contributed by atoms with E-state index >= 15 is 0 Å². The van der Waals surface area contributed by atoms with E-state index in [0.29, 0.717) is 23.6 Å². The lowest BCUT2D eigenvalue weighted by Crippen LogP contribution is -2.49. The highest BCUT2D eigenvalue weighted by atomic mass is 19.2. The van der Waals surface area contributed by atoms with E-state index in [-0.39, 0.29) is 23.6 Å². The number of ether oxygens (including phenoxy) is 1. The average molecular weight is 456 g/mol. The molecule has 2 unspecified atom stereocenters. The van der Waals surface area contributed by atoms with Crippen LogP contribution in [-0.2, 0) is 13.5 Å². The molecule has 1 saturated heterocycles. The molecule has 1 fully saturated rings. The smallest absolute Gasteiger partial charge is 0.256 e. The molecule has 33 heavy (non-hydrogen) atoms. The predicted molar refractivity (Wildman–Crippen MR) is 114 cm³/mol. The number of nitrogens with zero attached hydrogens (tertiary/aromatic N) is 4. The van der Waals surface area contributed by atoms with Crippen molar-refractivity contribution in [3.63, 3.8) is 0 Å². The van der Waals surface area contributed by atoms with Gasteiger partial charge in [0, 0.05) is 36.0 Å². The molecule has 0 N–H and O–H groups in total. The normalized spacial score (nSPS) is 19.4. The summed E-state index contributed by atoms with van der Waals surface area (Å²) in [5.41, 5.74) is 3.61. The standard InChI is InChI=1S/C24H23F3N4O2/c1-12-7-14(11-28-23(12)33-3)24(32)31-15-5-4-6-19(31)21-16(10-15)22(30(2)29-21)13-8-17(25)20(27)18(26)9-13/h7-9,11,15,19H,4-6,10H2,1-3H3. The molecule has 3 aromatic rings. The van der Waals surface area contributed by atoms with Crippen LogP contribution >= 0.6 is 0 Å². The molecule has 2 bridgehead atoms. The minimum atomic E-state index is -1.49. The molecule has 172 valence electrons. The second-order valence-electron chi connectivity index (χ2n) is 8.66. The number of benzene rings is 1. The van der Waals surface area contributed by atoms with Crippen molar-refractivity contribution >= 4 is 5.91 Å². The summed E-state index contributed by atoms with van der Waals surface area (Å²) in [7, 11) is 3.23. The molecule has 5 rings (SSSR count). The lowest BCUT2D eigenvalue weighted by Gasteiger charge is -2.45. The Hall–Kier alpha value is -3.36. The molecule has 1 aromatic carbocycles. The van der Waals surface area contributed by atoms with Gasteiger partial charge in [-0.3, -0.25) is 9.48 Å². The zero-order chi connectivity index (χ0) is 23.4. The number of hydrogen-bond acceptors (Lipinski definition) is 4. The molecule has 4 heterocycles. The van der Waals surface area contributed by atoms with Crippen molar-refractivity contribution < 1.29 is 22.7 Å². The summed E-state index contributed by atoms with van der Waals surface area (Å²) in [6.45, 7) is 1.84. The third kappa shape index (κ3) is 3.37. The van der Waals surface area contributed by atoms with Gasteiger partial charge in [0.2, 0.25) is 5.88 Å². The minimum Gasteiger partial charge on any atom is -0.481 e. The first-order valence-electron chi connectivity index (χ1n) is 10.8. The van der Waals surface area contributed by atoms with Crippen molar-refractivity contribution in [1.29, 1.82) is 0 Å². The van der Waals surface area contributed by atoms with Crippen molar-refractivity contribution in [1.82, 2.24) is 19.7 Å². The third-order valence-corrected chi connectivity index (χ3v) is 6.64. The second-order valence-corrected chi connectivity index (χ2v) is 8.66. The number of halogens is 3. The second kappa shape index (κ2) is 7.90. The number of carbonyl (C=O) groups is 1. The summed E-state index contributed by atoms with van der Waals surface area (Å²) < 4.78 is 48.2.